The molecule has 0 saturated carbocycles. The second-order valence-electron chi connectivity index (χ2n) is 3.33. The standard InChI is InChI=1S/C12H12N/c1-13(2)12-8-7-10-5-3-4-6-11(10)9-12/h3-8H,1-2H3. The minimum Gasteiger partial charge on any atom is -0.377 e. The van der Waals surface area contributed by atoms with Crippen LogP contribution in [0.4, 0.5) is 5.69 Å². The van der Waals surface area contributed by atoms with Crippen LogP contribution in [0.25, 0.3) is 10.8 Å². The molecule has 0 saturated heterocycles. The average Bonchev–Trinajstić information content (AvgIpc) is 2.17. The Morgan fingerprint density at radius 1 is 1.00 bits per heavy atom. The van der Waals surface area contributed by atoms with Crippen molar-refractivity contribution in [3.8, 4) is 0 Å². The van der Waals surface area contributed by atoms with E-state index in [-0.39, 0.29) is 0 Å². The van der Waals surface area contributed by atoms with Crippen LogP contribution < -0.4 is 4.90 Å². The molecule has 1 nitrogen and oxygen atoms in total. The Morgan fingerprint density at radius 2 is 1.77 bits per heavy atom. The monoisotopic (exact) mass is 170 g/mol. The van der Waals surface area contributed by atoms with Crippen LogP contribution in [0, 0.1) is 6.07 Å². The highest BCUT2D eigenvalue weighted by Gasteiger charge is 1.96. The SMILES string of the molecule is CN(C)c1[c]c2ccccc2cc1. The van der Waals surface area contributed by atoms with Gasteiger partial charge in [0.05, 0.1) is 0 Å². The molecule has 0 N–H and O–H groups in total. The van der Waals surface area contributed by atoms with Crippen molar-refractivity contribution in [1.29, 1.82) is 0 Å². The minimum absolute atomic E-state index is 1.12. The van der Waals surface area contributed by atoms with Gasteiger partial charge < -0.3 is 4.90 Å². The topological polar surface area (TPSA) is 3.24 Å². The fourth-order valence-electron chi connectivity index (χ4n) is 1.37. The van der Waals surface area contributed by atoms with Crippen molar-refractivity contribution in [2.45, 2.75) is 0 Å². The molecule has 0 unspecified atom stereocenters. The number of hydrogen-bond donors (Lipinski definition) is 0. The summed E-state index contributed by atoms with van der Waals surface area (Å²) in [6, 6.07) is 15.8. The van der Waals surface area contributed by atoms with Crippen molar-refractivity contribution in [1.82, 2.24) is 0 Å². The van der Waals surface area contributed by atoms with Gasteiger partial charge in [0.1, 0.15) is 0 Å². The van der Waals surface area contributed by atoms with Crippen molar-refractivity contribution >= 4 is 16.5 Å². The van der Waals surface area contributed by atoms with Gasteiger partial charge in [0, 0.05) is 25.8 Å². The molecule has 0 bridgehead atoms. The maximum atomic E-state index is 3.35. The molecule has 0 amide bonds. The number of rotatable bonds is 1. The Balaban J connectivity index is 2.62. The molecular weight excluding hydrogens is 158 g/mol. The highest BCUT2D eigenvalue weighted by molar-refractivity contribution is 5.84. The van der Waals surface area contributed by atoms with Gasteiger partial charge in [-0.1, -0.05) is 30.3 Å². The molecule has 13 heavy (non-hydrogen) atoms. The summed E-state index contributed by atoms with van der Waals surface area (Å²) < 4.78 is 0. The Kier molecular flexibility index (Phi) is 1.93. The molecule has 0 fully saturated rings. The molecular formula is C12H12N. The van der Waals surface area contributed by atoms with Gasteiger partial charge in [-0.05, 0) is 16.8 Å². The van der Waals surface area contributed by atoms with Crippen LogP contribution in [-0.2, 0) is 0 Å². The van der Waals surface area contributed by atoms with Gasteiger partial charge in [0.2, 0.25) is 0 Å². The minimum atomic E-state index is 1.12. The molecule has 1 heteroatoms. The van der Waals surface area contributed by atoms with Gasteiger partial charge >= 0.3 is 0 Å². The van der Waals surface area contributed by atoms with E-state index in [1.807, 2.05) is 26.2 Å². The molecule has 2 rings (SSSR count). The van der Waals surface area contributed by atoms with Crippen molar-refractivity contribution in [2.24, 2.45) is 0 Å². The first-order valence-corrected chi connectivity index (χ1v) is 4.36. The summed E-state index contributed by atoms with van der Waals surface area (Å²) in [4.78, 5) is 2.06. The van der Waals surface area contributed by atoms with E-state index in [0.29, 0.717) is 0 Å². The zero-order valence-electron chi connectivity index (χ0n) is 7.91. The number of benzene rings is 2. The number of hydrogen-bond acceptors (Lipinski definition) is 1. The fourth-order valence-corrected chi connectivity index (χ4v) is 1.37. The largest absolute Gasteiger partial charge is 0.377 e. The molecule has 2 aromatic carbocycles. The summed E-state index contributed by atoms with van der Waals surface area (Å²) in [6.07, 6.45) is 0. The zero-order chi connectivity index (χ0) is 9.26. The third kappa shape index (κ3) is 1.50. The van der Waals surface area contributed by atoms with Gasteiger partial charge in [-0.2, -0.15) is 0 Å². The van der Waals surface area contributed by atoms with Crippen LogP contribution in [-0.4, -0.2) is 14.1 Å². The number of nitrogens with zero attached hydrogens (tertiary/aromatic N) is 1. The molecule has 0 spiro atoms. The first-order chi connectivity index (χ1) is 6.27. The van der Waals surface area contributed by atoms with E-state index in [4.69, 9.17) is 0 Å². The van der Waals surface area contributed by atoms with Gasteiger partial charge in [0.15, 0.2) is 0 Å². The molecule has 0 aliphatic carbocycles. The smallest absolute Gasteiger partial charge is 0.0448 e. The van der Waals surface area contributed by atoms with E-state index in [1.165, 1.54) is 10.8 Å². The first kappa shape index (κ1) is 8.11. The number of anilines is 1. The first-order valence-electron chi connectivity index (χ1n) is 4.36. The van der Waals surface area contributed by atoms with Crippen molar-refractivity contribution in [3.63, 3.8) is 0 Å². The predicted molar refractivity (Wildman–Crippen MR) is 57.1 cm³/mol. The fraction of sp³-hybridized carbons (Fsp3) is 0.167. The van der Waals surface area contributed by atoms with Crippen LogP contribution >= 0.6 is 0 Å². The lowest BCUT2D eigenvalue weighted by atomic mass is 10.1. The lowest BCUT2D eigenvalue weighted by Crippen LogP contribution is -2.08. The Labute approximate surface area is 78.6 Å². The summed E-state index contributed by atoms with van der Waals surface area (Å²) >= 11 is 0. The van der Waals surface area contributed by atoms with E-state index < -0.39 is 0 Å². The van der Waals surface area contributed by atoms with Gasteiger partial charge in [-0.3, -0.25) is 0 Å². The van der Waals surface area contributed by atoms with Gasteiger partial charge in [-0.25, -0.2) is 0 Å². The van der Waals surface area contributed by atoms with Crippen molar-refractivity contribution in [3.05, 3.63) is 42.5 Å². The number of fused-ring (bicyclic) bond motifs is 1. The van der Waals surface area contributed by atoms with E-state index in [2.05, 4.69) is 35.2 Å². The molecule has 65 valence electrons. The Hall–Kier alpha value is -1.50. The van der Waals surface area contributed by atoms with E-state index >= 15 is 0 Å². The van der Waals surface area contributed by atoms with Crippen LogP contribution in [0.5, 0.6) is 0 Å². The molecule has 1 radical (unpaired) electrons. The Bertz CT molecular complexity index is 418. The quantitative estimate of drug-likeness (QED) is 0.636. The van der Waals surface area contributed by atoms with E-state index in [1.54, 1.807) is 0 Å². The van der Waals surface area contributed by atoms with Crippen LogP contribution in [0.15, 0.2) is 36.4 Å². The van der Waals surface area contributed by atoms with Crippen molar-refractivity contribution < 1.29 is 0 Å². The van der Waals surface area contributed by atoms with Crippen LogP contribution in [0.1, 0.15) is 0 Å². The average molecular weight is 170 g/mol. The predicted octanol–water partition coefficient (Wildman–Crippen LogP) is 2.71. The van der Waals surface area contributed by atoms with Crippen LogP contribution in [0.3, 0.4) is 0 Å². The third-order valence-electron chi connectivity index (χ3n) is 2.13. The van der Waals surface area contributed by atoms with E-state index in [9.17, 15) is 0 Å². The molecule has 0 heterocycles. The van der Waals surface area contributed by atoms with E-state index in [0.717, 1.165) is 5.69 Å². The third-order valence-corrected chi connectivity index (χ3v) is 2.13. The second kappa shape index (κ2) is 3.09. The zero-order valence-corrected chi connectivity index (χ0v) is 7.91. The highest BCUT2D eigenvalue weighted by Crippen LogP contribution is 2.19. The van der Waals surface area contributed by atoms with Gasteiger partial charge in [0.25, 0.3) is 0 Å². The summed E-state index contributed by atoms with van der Waals surface area (Å²) in [5.74, 6) is 0. The molecule has 2 aromatic rings. The molecule has 0 aromatic heterocycles. The summed E-state index contributed by atoms with van der Waals surface area (Å²) in [5, 5.41) is 2.42. The molecule has 0 aliphatic heterocycles. The lowest BCUT2D eigenvalue weighted by molar-refractivity contribution is 1.13. The summed E-state index contributed by atoms with van der Waals surface area (Å²) in [5.41, 5.74) is 1.12. The maximum absolute atomic E-state index is 3.35. The lowest BCUT2D eigenvalue weighted by Gasteiger charge is -2.12. The van der Waals surface area contributed by atoms with Crippen LogP contribution in [0.2, 0.25) is 0 Å². The summed E-state index contributed by atoms with van der Waals surface area (Å²) in [7, 11) is 4.06. The van der Waals surface area contributed by atoms with Crippen molar-refractivity contribution in [2.75, 3.05) is 19.0 Å². The maximum Gasteiger partial charge on any atom is 0.0448 e. The second-order valence-corrected chi connectivity index (χ2v) is 3.33. The molecule has 0 aliphatic rings. The normalized spacial score (nSPS) is 10.3. The van der Waals surface area contributed by atoms with Gasteiger partial charge in [-0.15, -0.1) is 0 Å². The molecule has 0 atom stereocenters. The summed E-state index contributed by atoms with van der Waals surface area (Å²) in [6.45, 7) is 0. The highest BCUT2D eigenvalue weighted by atomic mass is 15.1. The Morgan fingerprint density at radius 3 is 2.54 bits per heavy atom.